The molecule has 4 rings (SSSR count). The van der Waals surface area contributed by atoms with Crippen molar-refractivity contribution in [3.8, 4) is 39.7 Å². The molecular formula is C20H14FN3O3. The van der Waals surface area contributed by atoms with Gasteiger partial charge in [-0.05, 0) is 54.6 Å². The summed E-state index contributed by atoms with van der Waals surface area (Å²) in [6.07, 6.45) is 1.47. The molecule has 0 radical (unpaired) electrons. The highest BCUT2D eigenvalue weighted by molar-refractivity contribution is 5.81. The van der Waals surface area contributed by atoms with Crippen LogP contribution in [0, 0.1) is 5.82 Å². The number of aromatic nitrogens is 3. The van der Waals surface area contributed by atoms with Crippen LogP contribution in [0.3, 0.4) is 0 Å². The van der Waals surface area contributed by atoms with Crippen molar-refractivity contribution in [3.63, 3.8) is 0 Å². The highest BCUT2D eigenvalue weighted by Gasteiger charge is 2.21. The van der Waals surface area contributed by atoms with Gasteiger partial charge in [0, 0.05) is 29.0 Å². The predicted octanol–water partition coefficient (Wildman–Crippen LogP) is 3.65. The molecule has 0 unspecified atom stereocenters. The molecule has 2 aromatic heterocycles. The molecule has 0 saturated heterocycles. The average molecular weight is 363 g/mol. The number of nitrogens with one attached hydrogen (secondary N) is 1. The highest BCUT2D eigenvalue weighted by atomic mass is 19.1. The fourth-order valence-corrected chi connectivity index (χ4v) is 2.87. The number of hydrogen-bond donors (Lipinski definition) is 3. The molecule has 0 aliphatic heterocycles. The smallest absolute Gasteiger partial charge is 0.248 e. The van der Waals surface area contributed by atoms with Crippen LogP contribution in [0.4, 0.5) is 4.39 Å². The number of imidazole rings is 1. The number of H-pyrrole nitrogens is 1. The Morgan fingerprint density at radius 2 is 1.59 bits per heavy atom. The van der Waals surface area contributed by atoms with Crippen molar-refractivity contribution in [1.29, 1.82) is 0 Å². The molecule has 0 aliphatic rings. The average Bonchev–Trinajstić information content (AvgIpc) is 3.00. The molecule has 6 nitrogen and oxygen atoms in total. The van der Waals surface area contributed by atoms with Crippen LogP contribution in [0.5, 0.6) is 5.75 Å². The van der Waals surface area contributed by atoms with Crippen LogP contribution in [-0.2, 0) is 0 Å². The van der Waals surface area contributed by atoms with E-state index in [0.717, 1.165) is 4.73 Å². The Morgan fingerprint density at radius 1 is 0.926 bits per heavy atom. The molecule has 2 aromatic carbocycles. The fraction of sp³-hybridized carbons (Fsp3) is 0. The van der Waals surface area contributed by atoms with Crippen molar-refractivity contribution >= 4 is 0 Å². The maximum atomic E-state index is 13.3. The molecule has 0 amide bonds. The summed E-state index contributed by atoms with van der Waals surface area (Å²) >= 11 is 0. The summed E-state index contributed by atoms with van der Waals surface area (Å²) in [5.41, 5.74) is 1.97. The predicted molar refractivity (Wildman–Crippen MR) is 98.0 cm³/mol. The number of nitrogens with zero attached hydrogens (tertiary/aromatic N) is 2. The van der Waals surface area contributed by atoms with Gasteiger partial charge >= 0.3 is 0 Å². The van der Waals surface area contributed by atoms with Crippen LogP contribution in [0.2, 0.25) is 0 Å². The first kappa shape index (κ1) is 16.6. The Morgan fingerprint density at radius 3 is 2.26 bits per heavy atom. The van der Waals surface area contributed by atoms with Gasteiger partial charge in [-0.1, -0.05) is 0 Å². The van der Waals surface area contributed by atoms with Gasteiger partial charge in [0.15, 0.2) is 5.82 Å². The van der Waals surface area contributed by atoms with Gasteiger partial charge in [-0.2, -0.15) is 4.73 Å². The zero-order valence-corrected chi connectivity index (χ0v) is 13.9. The molecule has 0 fully saturated rings. The first-order valence-electron chi connectivity index (χ1n) is 8.09. The van der Waals surface area contributed by atoms with Crippen LogP contribution in [0.1, 0.15) is 0 Å². The van der Waals surface area contributed by atoms with E-state index in [1.54, 1.807) is 30.3 Å². The molecule has 134 valence electrons. The number of rotatable bonds is 3. The zero-order chi connectivity index (χ0) is 19.0. The molecule has 2 heterocycles. The molecule has 0 saturated carbocycles. The van der Waals surface area contributed by atoms with E-state index < -0.39 is 5.82 Å². The van der Waals surface area contributed by atoms with Crippen molar-refractivity contribution in [2.75, 3.05) is 0 Å². The van der Waals surface area contributed by atoms with E-state index >= 15 is 0 Å². The van der Waals surface area contributed by atoms with E-state index in [2.05, 4.69) is 9.97 Å². The Bertz CT molecular complexity index is 1160. The summed E-state index contributed by atoms with van der Waals surface area (Å²) in [7, 11) is 0. The Balaban J connectivity index is 1.98. The number of aromatic amines is 1. The van der Waals surface area contributed by atoms with Crippen molar-refractivity contribution in [2.45, 2.75) is 0 Å². The summed E-state index contributed by atoms with van der Waals surface area (Å²) < 4.78 is 14.2. The van der Waals surface area contributed by atoms with Gasteiger partial charge in [-0.25, -0.2) is 9.37 Å². The van der Waals surface area contributed by atoms with Crippen LogP contribution in [0.25, 0.3) is 33.9 Å². The van der Waals surface area contributed by atoms with Crippen LogP contribution < -0.4 is 5.56 Å². The van der Waals surface area contributed by atoms with Crippen LogP contribution in [0.15, 0.2) is 71.7 Å². The van der Waals surface area contributed by atoms with Crippen molar-refractivity contribution in [1.82, 2.24) is 14.7 Å². The number of hydrogen-bond acceptors (Lipinski definition) is 4. The Hall–Kier alpha value is -3.87. The molecular weight excluding hydrogens is 349 g/mol. The summed E-state index contributed by atoms with van der Waals surface area (Å²) in [6, 6.07) is 14.9. The van der Waals surface area contributed by atoms with Crippen molar-refractivity contribution < 1.29 is 14.7 Å². The molecule has 3 N–H and O–H groups in total. The standard InChI is InChI=1S/C20H14FN3O3/c21-15-5-1-12(2-6-15)18-19(14-9-10-22-17(26)11-14)24(27)20(23-18)13-3-7-16(25)8-4-13/h1-11,25,27H,(H,22,26). The van der Waals surface area contributed by atoms with Crippen molar-refractivity contribution in [2.24, 2.45) is 0 Å². The second-order valence-corrected chi connectivity index (χ2v) is 5.94. The molecule has 27 heavy (non-hydrogen) atoms. The monoisotopic (exact) mass is 363 g/mol. The lowest BCUT2D eigenvalue weighted by Gasteiger charge is -2.06. The van der Waals surface area contributed by atoms with Crippen LogP contribution >= 0.6 is 0 Å². The lowest BCUT2D eigenvalue weighted by Crippen LogP contribution is -2.04. The SMILES string of the molecule is O=c1cc(-c2c(-c3ccc(F)cc3)nc(-c3ccc(O)cc3)n2O)cc[nH]1. The number of pyridine rings is 1. The van der Waals surface area contributed by atoms with Crippen molar-refractivity contribution in [3.05, 3.63) is 83.0 Å². The normalized spacial score (nSPS) is 10.9. The largest absolute Gasteiger partial charge is 0.508 e. The molecule has 0 aliphatic carbocycles. The molecule has 0 atom stereocenters. The maximum absolute atomic E-state index is 13.3. The minimum absolute atomic E-state index is 0.0865. The zero-order valence-electron chi connectivity index (χ0n) is 13.9. The van der Waals surface area contributed by atoms with Gasteiger partial charge in [0.2, 0.25) is 5.56 Å². The fourth-order valence-electron chi connectivity index (χ4n) is 2.87. The van der Waals surface area contributed by atoms with Crippen LogP contribution in [-0.4, -0.2) is 25.0 Å². The molecule has 0 spiro atoms. The van der Waals surface area contributed by atoms with E-state index in [0.29, 0.717) is 28.1 Å². The number of aromatic hydroxyl groups is 1. The molecule has 0 bridgehead atoms. The summed E-state index contributed by atoms with van der Waals surface area (Å²) in [5, 5.41) is 20.3. The van der Waals surface area contributed by atoms with E-state index in [9.17, 15) is 19.5 Å². The first-order chi connectivity index (χ1) is 13.0. The summed E-state index contributed by atoms with van der Waals surface area (Å²) in [5.74, 6) is -0.0772. The minimum Gasteiger partial charge on any atom is -0.508 e. The summed E-state index contributed by atoms with van der Waals surface area (Å²) in [4.78, 5) is 18.8. The Kier molecular flexibility index (Phi) is 3.97. The third-order valence-corrected chi connectivity index (χ3v) is 4.15. The van der Waals surface area contributed by atoms with Gasteiger partial charge in [-0.15, -0.1) is 0 Å². The van der Waals surface area contributed by atoms with E-state index in [-0.39, 0.29) is 17.1 Å². The highest BCUT2D eigenvalue weighted by Crippen LogP contribution is 2.35. The second kappa shape index (κ2) is 6.45. The van der Waals surface area contributed by atoms with Gasteiger partial charge in [-0.3, -0.25) is 4.79 Å². The number of phenolic OH excluding ortho intramolecular Hbond substituents is 1. The molecule has 4 aromatic rings. The first-order valence-corrected chi connectivity index (χ1v) is 8.09. The third-order valence-electron chi connectivity index (χ3n) is 4.15. The quantitative estimate of drug-likeness (QED) is 0.485. The van der Waals surface area contributed by atoms with E-state index in [1.165, 1.54) is 36.5 Å². The van der Waals surface area contributed by atoms with Gasteiger partial charge in [0.25, 0.3) is 0 Å². The van der Waals surface area contributed by atoms with Gasteiger partial charge in [0.05, 0.1) is 0 Å². The minimum atomic E-state index is -0.390. The van der Waals surface area contributed by atoms with E-state index in [1.807, 2.05) is 0 Å². The lowest BCUT2D eigenvalue weighted by molar-refractivity contribution is 0.195. The van der Waals surface area contributed by atoms with Gasteiger partial charge < -0.3 is 15.3 Å². The van der Waals surface area contributed by atoms with E-state index in [4.69, 9.17) is 0 Å². The number of halogens is 1. The van der Waals surface area contributed by atoms with Gasteiger partial charge in [0.1, 0.15) is 23.0 Å². The maximum Gasteiger partial charge on any atom is 0.248 e. The lowest BCUT2D eigenvalue weighted by atomic mass is 10.1. The third kappa shape index (κ3) is 3.06. The number of benzene rings is 2. The number of phenols is 1. The second-order valence-electron chi connectivity index (χ2n) is 5.94. The Labute approximate surface area is 152 Å². The molecule has 7 heteroatoms. The summed E-state index contributed by atoms with van der Waals surface area (Å²) in [6.45, 7) is 0. The topological polar surface area (TPSA) is 91.1 Å².